The second-order valence-electron chi connectivity index (χ2n) is 6.82. The largest absolute Gasteiger partial charge is 0.385 e. The van der Waals surface area contributed by atoms with Gasteiger partial charge in [-0.1, -0.05) is 31.5 Å². The van der Waals surface area contributed by atoms with Gasteiger partial charge in [0.2, 0.25) is 0 Å². The number of rotatable bonds is 7. The number of aryl methyl sites for hydroxylation is 3. The van der Waals surface area contributed by atoms with Gasteiger partial charge in [-0.3, -0.25) is 0 Å². The van der Waals surface area contributed by atoms with Gasteiger partial charge in [0.25, 0.3) is 0 Å². The molecule has 2 nitrogen and oxygen atoms in total. The van der Waals surface area contributed by atoms with Gasteiger partial charge in [-0.2, -0.15) is 0 Å². The van der Waals surface area contributed by atoms with E-state index in [0.29, 0.717) is 6.04 Å². The number of benzene rings is 1. The molecule has 1 unspecified atom stereocenters. The van der Waals surface area contributed by atoms with Crippen LogP contribution in [-0.2, 0) is 4.74 Å². The topological polar surface area (TPSA) is 21.3 Å². The number of nitrogens with one attached hydrogen (secondary N) is 1. The van der Waals surface area contributed by atoms with Gasteiger partial charge in [0.1, 0.15) is 0 Å². The first-order chi connectivity index (χ1) is 9.26. The van der Waals surface area contributed by atoms with Crippen LogP contribution in [0.25, 0.3) is 0 Å². The van der Waals surface area contributed by atoms with E-state index in [0.717, 1.165) is 19.6 Å². The molecule has 0 fully saturated rings. The molecule has 0 saturated heterocycles. The molecule has 1 N–H and O–H groups in total. The zero-order valence-corrected chi connectivity index (χ0v) is 14.3. The van der Waals surface area contributed by atoms with Crippen LogP contribution < -0.4 is 5.32 Å². The second-order valence-corrected chi connectivity index (χ2v) is 6.82. The van der Waals surface area contributed by atoms with Crippen molar-refractivity contribution in [1.29, 1.82) is 0 Å². The fourth-order valence-corrected chi connectivity index (χ4v) is 2.87. The fraction of sp³-hybridized carbons (Fsp3) is 0.667. The van der Waals surface area contributed by atoms with Crippen LogP contribution in [0.15, 0.2) is 12.1 Å². The van der Waals surface area contributed by atoms with Crippen molar-refractivity contribution in [2.75, 3.05) is 20.3 Å². The van der Waals surface area contributed by atoms with E-state index >= 15 is 0 Å². The van der Waals surface area contributed by atoms with Crippen molar-refractivity contribution in [3.63, 3.8) is 0 Å². The van der Waals surface area contributed by atoms with Crippen LogP contribution in [0.3, 0.4) is 0 Å². The van der Waals surface area contributed by atoms with Crippen LogP contribution >= 0.6 is 0 Å². The molecule has 1 atom stereocenters. The molecule has 0 aliphatic rings. The molecule has 1 aromatic carbocycles. The summed E-state index contributed by atoms with van der Waals surface area (Å²) in [7, 11) is 1.77. The Morgan fingerprint density at radius 3 is 2.20 bits per heavy atom. The van der Waals surface area contributed by atoms with Gasteiger partial charge >= 0.3 is 0 Å². The molecule has 1 aromatic rings. The molecule has 0 amide bonds. The molecule has 2 heteroatoms. The molecule has 0 aliphatic heterocycles. The minimum absolute atomic E-state index is 0.261. The lowest BCUT2D eigenvalue weighted by Crippen LogP contribution is -2.32. The number of ether oxygens (including phenoxy) is 1. The maximum Gasteiger partial charge on any atom is 0.0467 e. The lowest BCUT2D eigenvalue weighted by atomic mass is 9.88. The van der Waals surface area contributed by atoms with E-state index < -0.39 is 0 Å². The van der Waals surface area contributed by atoms with E-state index in [1.807, 2.05) is 0 Å². The Balaban J connectivity index is 2.70. The van der Waals surface area contributed by atoms with E-state index in [2.05, 4.69) is 59.0 Å². The van der Waals surface area contributed by atoms with Crippen molar-refractivity contribution in [2.45, 2.75) is 54.0 Å². The third kappa shape index (κ3) is 4.92. The van der Waals surface area contributed by atoms with Gasteiger partial charge < -0.3 is 10.1 Å². The Bertz CT molecular complexity index is 414. The van der Waals surface area contributed by atoms with Gasteiger partial charge in [-0.15, -0.1) is 0 Å². The minimum Gasteiger partial charge on any atom is -0.385 e. The van der Waals surface area contributed by atoms with E-state index in [-0.39, 0.29) is 5.41 Å². The molecule has 0 radical (unpaired) electrons. The second kappa shape index (κ2) is 7.24. The molecule has 0 aliphatic carbocycles. The zero-order chi connectivity index (χ0) is 15.3. The van der Waals surface area contributed by atoms with Gasteiger partial charge in [-0.25, -0.2) is 0 Å². The summed E-state index contributed by atoms with van der Waals surface area (Å²) in [6, 6.07) is 4.94. The predicted molar refractivity (Wildman–Crippen MR) is 87.3 cm³/mol. The maximum absolute atomic E-state index is 5.19. The van der Waals surface area contributed by atoms with Crippen molar-refractivity contribution >= 4 is 0 Å². The summed E-state index contributed by atoms with van der Waals surface area (Å²) in [5, 5.41) is 3.69. The maximum atomic E-state index is 5.19. The van der Waals surface area contributed by atoms with Crippen LogP contribution in [0.1, 0.15) is 55.5 Å². The molecule has 0 saturated carbocycles. The lowest BCUT2D eigenvalue weighted by Gasteiger charge is -2.28. The van der Waals surface area contributed by atoms with Crippen LogP contribution in [-0.4, -0.2) is 20.3 Å². The highest BCUT2D eigenvalue weighted by molar-refractivity contribution is 5.39. The summed E-state index contributed by atoms with van der Waals surface area (Å²) < 4.78 is 5.19. The van der Waals surface area contributed by atoms with Crippen molar-refractivity contribution in [2.24, 2.45) is 5.41 Å². The van der Waals surface area contributed by atoms with Crippen molar-refractivity contribution < 1.29 is 4.74 Å². The number of hydrogen-bond acceptors (Lipinski definition) is 2. The molecular weight excluding hydrogens is 246 g/mol. The summed E-state index contributed by atoms with van der Waals surface area (Å²) in [6.45, 7) is 15.3. The predicted octanol–water partition coefficient (Wildman–Crippen LogP) is 4.33. The smallest absolute Gasteiger partial charge is 0.0467 e. The molecule has 0 aromatic heterocycles. The first kappa shape index (κ1) is 17.2. The van der Waals surface area contributed by atoms with E-state index in [4.69, 9.17) is 4.74 Å². The quantitative estimate of drug-likeness (QED) is 0.801. The Kier molecular flexibility index (Phi) is 6.22. The zero-order valence-electron chi connectivity index (χ0n) is 14.3. The average molecular weight is 277 g/mol. The van der Waals surface area contributed by atoms with Gasteiger partial charge in [-0.05, 0) is 56.2 Å². The molecular formula is C18H31NO. The Morgan fingerprint density at radius 1 is 1.15 bits per heavy atom. The molecule has 0 bridgehead atoms. The van der Waals surface area contributed by atoms with Crippen LogP contribution in [0, 0.1) is 26.2 Å². The Labute approximate surface area is 124 Å². The highest BCUT2D eigenvalue weighted by Gasteiger charge is 2.20. The van der Waals surface area contributed by atoms with Gasteiger partial charge in [0.05, 0.1) is 0 Å². The summed E-state index contributed by atoms with van der Waals surface area (Å²) in [6.07, 6.45) is 1.08. The van der Waals surface area contributed by atoms with Crippen LogP contribution in [0.2, 0.25) is 0 Å². The molecule has 114 valence electrons. The SMILES string of the molecule is COCCC(C)(C)CNC(C)c1c(C)cc(C)cc1C. The summed E-state index contributed by atoms with van der Waals surface area (Å²) >= 11 is 0. The summed E-state index contributed by atoms with van der Waals surface area (Å²) in [4.78, 5) is 0. The Morgan fingerprint density at radius 2 is 1.70 bits per heavy atom. The molecule has 0 spiro atoms. The highest BCUT2D eigenvalue weighted by atomic mass is 16.5. The molecule has 1 rings (SSSR count). The van der Waals surface area contributed by atoms with Crippen LogP contribution in [0.4, 0.5) is 0 Å². The van der Waals surface area contributed by atoms with E-state index in [1.165, 1.54) is 22.3 Å². The Hall–Kier alpha value is -0.860. The highest BCUT2D eigenvalue weighted by Crippen LogP contribution is 2.25. The monoisotopic (exact) mass is 277 g/mol. The van der Waals surface area contributed by atoms with E-state index in [9.17, 15) is 0 Å². The third-order valence-electron chi connectivity index (χ3n) is 4.04. The normalized spacial score (nSPS) is 13.6. The molecule has 20 heavy (non-hydrogen) atoms. The van der Waals surface area contributed by atoms with Crippen molar-refractivity contribution in [3.8, 4) is 0 Å². The van der Waals surface area contributed by atoms with Crippen molar-refractivity contribution in [1.82, 2.24) is 5.32 Å². The van der Waals surface area contributed by atoms with Crippen LogP contribution in [0.5, 0.6) is 0 Å². The summed E-state index contributed by atoms with van der Waals surface area (Å²) in [5.74, 6) is 0. The first-order valence-corrected chi connectivity index (χ1v) is 7.57. The number of hydrogen-bond donors (Lipinski definition) is 1. The summed E-state index contributed by atoms with van der Waals surface area (Å²) in [5.41, 5.74) is 5.82. The average Bonchev–Trinajstić information content (AvgIpc) is 2.33. The first-order valence-electron chi connectivity index (χ1n) is 7.57. The fourth-order valence-electron chi connectivity index (χ4n) is 2.87. The van der Waals surface area contributed by atoms with Gasteiger partial charge in [0, 0.05) is 26.3 Å². The van der Waals surface area contributed by atoms with E-state index in [1.54, 1.807) is 7.11 Å². The van der Waals surface area contributed by atoms with Gasteiger partial charge in [0.15, 0.2) is 0 Å². The lowest BCUT2D eigenvalue weighted by molar-refractivity contribution is 0.149. The third-order valence-corrected chi connectivity index (χ3v) is 4.04. The standard InChI is InChI=1S/C18H31NO/c1-13-10-14(2)17(15(3)11-13)16(4)19-12-18(5,6)8-9-20-7/h10-11,16,19H,8-9,12H2,1-7H3. The van der Waals surface area contributed by atoms with Crippen molar-refractivity contribution in [3.05, 3.63) is 34.4 Å². The minimum atomic E-state index is 0.261. The molecule has 0 heterocycles. The number of methoxy groups -OCH3 is 1.